The third-order valence-corrected chi connectivity index (χ3v) is 6.18. The Morgan fingerprint density at radius 3 is 1.95 bits per heavy atom. The molecule has 3 aromatic carbocycles. The maximum absolute atomic E-state index is 13.3. The molecule has 0 bridgehead atoms. The number of amides is 2. The molecule has 0 fully saturated rings. The molecule has 0 aromatic heterocycles. The minimum Gasteiger partial charge on any atom is -0.497 e. The molecule has 4 rings (SSSR count). The highest BCUT2D eigenvalue weighted by Crippen LogP contribution is 2.31. The number of nitrogens with zero attached hydrogens (tertiary/aromatic N) is 2. The molecule has 1 aliphatic heterocycles. The number of hydrazine groups is 1. The van der Waals surface area contributed by atoms with Crippen LogP contribution >= 0.6 is 12.2 Å². The fourth-order valence-electron chi connectivity index (χ4n) is 3.72. The molecule has 0 aliphatic carbocycles. The van der Waals surface area contributed by atoms with Gasteiger partial charge in [-0.1, -0.05) is 36.5 Å². The monoisotopic (exact) mass is 532 g/mol. The summed E-state index contributed by atoms with van der Waals surface area (Å²) in [6.07, 6.45) is 3.22. The minimum atomic E-state index is -0.383. The summed E-state index contributed by atoms with van der Waals surface area (Å²) < 4.78 is 22.6. The molecule has 8 nitrogen and oxygen atoms in total. The fraction of sp³-hybridized carbons (Fsp3) is 0.207. The number of hydrogen-bond acceptors (Lipinski definition) is 7. The van der Waals surface area contributed by atoms with Gasteiger partial charge in [0.25, 0.3) is 11.8 Å². The minimum absolute atomic E-state index is 0.0812. The van der Waals surface area contributed by atoms with Crippen LogP contribution in [0.1, 0.15) is 27.9 Å². The van der Waals surface area contributed by atoms with Crippen molar-refractivity contribution in [1.29, 1.82) is 0 Å². The Hall–Kier alpha value is -4.37. The molecule has 0 radical (unpaired) electrons. The first-order valence-electron chi connectivity index (χ1n) is 11.8. The van der Waals surface area contributed by atoms with Gasteiger partial charge in [0, 0.05) is 23.7 Å². The topological polar surface area (TPSA) is 77.5 Å². The largest absolute Gasteiger partial charge is 0.497 e. The number of hydrogen-bond donors (Lipinski definition) is 0. The van der Waals surface area contributed by atoms with Gasteiger partial charge in [0.05, 0.1) is 20.6 Å². The average molecular weight is 533 g/mol. The van der Waals surface area contributed by atoms with Crippen LogP contribution in [0.15, 0.2) is 79.0 Å². The lowest BCUT2D eigenvalue weighted by Crippen LogP contribution is -2.46. The van der Waals surface area contributed by atoms with E-state index in [2.05, 4.69) is 0 Å². The maximum atomic E-state index is 13.3. The SMILES string of the molecule is COc1ccc(COc2ccc(C(=O)N(C)N3C=CC(=S)CC3=O)cc2OCc2ccc(OC)cc2)cc1. The first kappa shape index (κ1) is 26.7. The lowest BCUT2D eigenvalue weighted by atomic mass is 10.1. The molecule has 1 heterocycles. The molecule has 0 atom stereocenters. The van der Waals surface area contributed by atoms with Crippen LogP contribution in [-0.4, -0.2) is 48.0 Å². The molecule has 38 heavy (non-hydrogen) atoms. The van der Waals surface area contributed by atoms with Crippen molar-refractivity contribution in [3.05, 3.63) is 95.7 Å². The van der Waals surface area contributed by atoms with E-state index in [0.29, 0.717) is 28.5 Å². The molecular weight excluding hydrogens is 504 g/mol. The zero-order valence-corrected chi connectivity index (χ0v) is 22.2. The van der Waals surface area contributed by atoms with Crippen LogP contribution in [0, 0.1) is 0 Å². The highest BCUT2D eigenvalue weighted by atomic mass is 32.1. The van der Waals surface area contributed by atoms with E-state index in [1.165, 1.54) is 23.3 Å². The predicted octanol–water partition coefficient (Wildman–Crippen LogP) is 4.96. The molecule has 9 heteroatoms. The number of ether oxygens (including phenoxy) is 4. The molecular formula is C29H28N2O6S. The highest BCUT2D eigenvalue weighted by Gasteiger charge is 2.26. The van der Waals surface area contributed by atoms with Crippen LogP contribution in [0.2, 0.25) is 0 Å². The Labute approximate surface area is 226 Å². The Kier molecular flexibility index (Phi) is 8.60. The molecule has 196 valence electrons. The lowest BCUT2D eigenvalue weighted by Gasteiger charge is -2.31. The van der Waals surface area contributed by atoms with E-state index in [1.807, 2.05) is 48.5 Å². The molecule has 2 amide bonds. The Bertz CT molecular complexity index is 1340. The fourth-order valence-corrected chi connectivity index (χ4v) is 3.90. The normalized spacial score (nSPS) is 12.8. The molecule has 0 N–H and O–H groups in total. The summed E-state index contributed by atoms with van der Waals surface area (Å²) in [7, 11) is 4.76. The molecule has 3 aromatic rings. The second-order valence-corrected chi connectivity index (χ2v) is 8.99. The highest BCUT2D eigenvalue weighted by molar-refractivity contribution is 7.80. The van der Waals surface area contributed by atoms with Crippen molar-refractivity contribution in [3.8, 4) is 23.0 Å². The van der Waals surface area contributed by atoms with E-state index < -0.39 is 0 Å². The lowest BCUT2D eigenvalue weighted by molar-refractivity contribution is -0.136. The van der Waals surface area contributed by atoms with E-state index in [4.69, 9.17) is 31.2 Å². The summed E-state index contributed by atoms with van der Waals surface area (Å²) in [5.41, 5.74) is 2.20. The smallest absolute Gasteiger partial charge is 0.272 e. The van der Waals surface area contributed by atoms with E-state index >= 15 is 0 Å². The number of carbonyl (C=O) groups is 2. The standard InChI is InChI=1S/C29H28N2O6S/c1-30(31-15-14-25(38)17-28(31)32)29(33)22-8-13-26(36-18-20-4-9-23(34-2)10-5-20)27(16-22)37-19-21-6-11-24(35-3)12-7-21/h4-16H,17-19H2,1-3H3. The first-order valence-corrected chi connectivity index (χ1v) is 12.3. The van der Waals surface area contributed by atoms with Crippen LogP contribution in [0.5, 0.6) is 23.0 Å². The second kappa shape index (κ2) is 12.2. The van der Waals surface area contributed by atoms with Gasteiger partial charge in [0.2, 0.25) is 0 Å². The van der Waals surface area contributed by atoms with E-state index in [1.54, 1.807) is 38.5 Å². The number of benzene rings is 3. The quantitative estimate of drug-likeness (QED) is 0.342. The van der Waals surface area contributed by atoms with Crippen molar-refractivity contribution in [2.24, 2.45) is 0 Å². The second-order valence-electron chi connectivity index (χ2n) is 8.46. The first-order chi connectivity index (χ1) is 18.4. The van der Waals surface area contributed by atoms with Crippen molar-refractivity contribution in [2.45, 2.75) is 19.6 Å². The van der Waals surface area contributed by atoms with E-state index in [0.717, 1.165) is 22.6 Å². The van der Waals surface area contributed by atoms with Gasteiger partial charge < -0.3 is 18.9 Å². The van der Waals surface area contributed by atoms with Gasteiger partial charge >= 0.3 is 0 Å². The molecule has 0 unspecified atom stereocenters. The Morgan fingerprint density at radius 2 is 1.42 bits per heavy atom. The molecule has 0 saturated heterocycles. The average Bonchev–Trinajstić information content (AvgIpc) is 2.95. The number of allylic oxidation sites excluding steroid dienone is 1. The van der Waals surface area contributed by atoms with Gasteiger partial charge in [0.15, 0.2) is 11.5 Å². The van der Waals surface area contributed by atoms with E-state index in [-0.39, 0.29) is 24.8 Å². The summed E-state index contributed by atoms with van der Waals surface area (Å²) in [6.45, 7) is 0.546. The van der Waals surface area contributed by atoms with E-state index in [9.17, 15) is 9.59 Å². The van der Waals surface area contributed by atoms with Gasteiger partial charge in [-0.2, -0.15) is 0 Å². The molecule has 0 spiro atoms. The summed E-state index contributed by atoms with van der Waals surface area (Å²) in [4.78, 5) is 26.2. The van der Waals surface area contributed by atoms with Gasteiger partial charge in [-0.05, 0) is 59.7 Å². The zero-order chi connectivity index (χ0) is 27.1. The number of methoxy groups -OCH3 is 2. The van der Waals surface area contributed by atoms with Crippen LogP contribution < -0.4 is 18.9 Å². The third kappa shape index (κ3) is 6.49. The zero-order valence-electron chi connectivity index (χ0n) is 21.4. The van der Waals surface area contributed by atoms with Crippen molar-refractivity contribution in [2.75, 3.05) is 21.3 Å². The van der Waals surface area contributed by atoms with Gasteiger partial charge in [0.1, 0.15) is 24.7 Å². The molecule has 0 saturated carbocycles. The number of carbonyl (C=O) groups excluding carboxylic acids is 2. The predicted molar refractivity (Wildman–Crippen MR) is 146 cm³/mol. The van der Waals surface area contributed by atoms with Crippen molar-refractivity contribution >= 4 is 28.9 Å². The summed E-state index contributed by atoms with van der Waals surface area (Å²) in [6, 6.07) is 20.0. The summed E-state index contributed by atoms with van der Waals surface area (Å²) in [5.74, 6) is 1.72. The number of thiocarbonyl (C=S) groups is 1. The maximum Gasteiger partial charge on any atom is 0.272 e. The van der Waals surface area contributed by atoms with Crippen LogP contribution in [0.4, 0.5) is 0 Å². The summed E-state index contributed by atoms with van der Waals surface area (Å²) >= 11 is 5.09. The molecule has 1 aliphatic rings. The Morgan fingerprint density at radius 1 is 0.868 bits per heavy atom. The summed E-state index contributed by atoms with van der Waals surface area (Å²) in [5, 5.41) is 2.51. The van der Waals surface area contributed by atoms with Gasteiger partial charge in [-0.25, -0.2) is 10.0 Å². The Balaban J connectivity index is 1.55. The van der Waals surface area contributed by atoms with Crippen LogP contribution in [-0.2, 0) is 18.0 Å². The third-order valence-electron chi connectivity index (χ3n) is 5.90. The van der Waals surface area contributed by atoms with Gasteiger partial charge in [-0.15, -0.1) is 0 Å². The van der Waals surface area contributed by atoms with Crippen molar-refractivity contribution in [1.82, 2.24) is 10.0 Å². The number of rotatable bonds is 10. The van der Waals surface area contributed by atoms with Gasteiger partial charge in [-0.3, -0.25) is 9.59 Å². The van der Waals surface area contributed by atoms with Crippen LogP contribution in [0.25, 0.3) is 0 Å². The van der Waals surface area contributed by atoms with Crippen molar-refractivity contribution in [3.63, 3.8) is 0 Å². The van der Waals surface area contributed by atoms with Crippen LogP contribution in [0.3, 0.4) is 0 Å². The van der Waals surface area contributed by atoms with Crippen molar-refractivity contribution < 1.29 is 28.5 Å².